The maximum absolute atomic E-state index is 6.48. The van der Waals surface area contributed by atoms with Crippen LogP contribution in [0.4, 0.5) is 5.69 Å². The highest BCUT2D eigenvalue weighted by Crippen LogP contribution is 2.43. The van der Waals surface area contributed by atoms with Crippen molar-refractivity contribution in [1.29, 1.82) is 0 Å². The summed E-state index contributed by atoms with van der Waals surface area (Å²) in [7, 11) is 8.52. The number of para-hydroxylation sites is 1. The first-order chi connectivity index (χ1) is 14.8. The minimum Gasteiger partial charge on any atom is -0.483 e. The lowest BCUT2D eigenvalue weighted by molar-refractivity contribution is -0.871. The molecular weight excluding hydrogens is 380 g/mol. The van der Waals surface area contributed by atoms with E-state index in [9.17, 15) is 0 Å². The van der Waals surface area contributed by atoms with E-state index in [0.29, 0.717) is 6.04 Å². The molecule has 0 bridgehead atoms. The van der Waals surface area contributed by atoms with Crippen molar-refractivity contribution in [3.8, 4) is 5.75 Å². The summed E-state index contributed by atoms with van der Waals surface area (Å²) in [4.78, 5) is 3.53. The van der Waals surface area contributed by atoms with Crippen molar-refractivity contribution in [2.24, 2.45) is 0 Å². The van der Waals surface area contributed by atoms with Crippen molar-refractivity contribution in [3.63, 3.8) is 0 Å². The second-order valence-electron chi connectivity index (χ2n) is 9.30. The minimum absolute atomic E-state index is 0.395. The average Bonchev–Trinajstić information content (AvgIpc) is 2.74. The van der Waals surface area contributed by atoms with Crippen molar-refractivity contribution in [3.05, 3.63) is 95.1 Å². The summed E-state index contributed by atoms with van der Waals surface area (Å²) in [5.74, 6) is 0.939. The Kier molecular flexibility index (Phi) is 5.63. The molecule has 4 rings (SSSR count). The van der Waals surface area contributed by atoms with Gasteiger partial charge in [0.2, 0.25) is 0 Å². The first kappa shape index (κ1) is 21.2. The summed E-state index contributed by atoms with van der Waals surface area (Å²) >= 11 is 0. The smallest absolute Gasteiger partial charge is 0.129 e. The quantitative estimate of drug-likeness (QED) is 0.800. The molecule has 0 saturated carbocycles. The topological polar surface area (TPSA) is 16.9 Å². The molecule has 3 nitrogen and oxygen atoms in total. The number of hydrogen-bond acceptors (Lipinski definition) is 2. The summed E-state index contributed by atoms with van der Waals surface area (Å²) in [6, 6.07) is 17.5. The molecule has 2 aromatic carbocycles. The van der Waals surface area contributed by atoms with E-state index in [0.717, 1.165) is 11.3 Å². The predicted molar refractivity (Wildman–Crippen MR) is 132 cm³/mol. The zero-order valence-corrected chi connectivity index (χ0v) is 19.4. The first-order valence-electron chi connectivity index (χ1n) is 11.0. The average molecular weight is 414 g/mol. The number of benzene rings is 2. The molecule has 0 unspecified atom stereocenters. The van der Waals surface area contributed by atoms with Gasteiger partial charge in [-0.1, -0.05) is 42.5 Å². The van der Waals surface area contributed by atoms with Gasteiger partial charge in [0, 0.05) is 30.9 Å². The summed E-state index contributed by atoms with van der Waals surface area (Å²) < 4.78 is 6.48. The molecule has 0 atom stereocenters. The van der Waals surface area contributed by atoms with E-state index in [1.165, 1.54) is 32.9 Å². The molecule has 0 saturated heterocycles. The highest BCUT2D eigenvalue weighted by molar-refractivity contribution is 5.92. The minimum atomic E-state index is -0.442. The van der Waals surface area contributed by atoms with Crippen LogP contribution in [-0.2, 0) is 0 Å². The number of rotatable bonds is 4. The van der Waals surface area contributed by atoms with E-state index in [4.69, 9.17) is 4.74 Å². The number of fused-ring (bicyclic) bond motifs is 1. The SMILES string of the molecule is CN(C)c1ccc(C(C2=Cc3ccccc3OC2(C)C)=C2C=CC([NH+](C)C)C=C2)cc1. The maximum atomic E-state index is 6.48. The number of allylic oxidation sites excluding steroid dienone is 3. The number of ether oxygens (including phenoxy) is 1. The van der Waals surface area contributed by atoms with Crippen molar-refractivity contribution < 1.29 is 9.64 Å². The lowest BCUT2D eigenvalue weighted by atomic mass is 9.80. The molecule has 0 fully saturated rings. The Balaban J connectivity index is 1.90. The fraction of sp³-hybridized carbons (Fsp3) is 0.286. The van der Waals surface area contributed by atoms with Crippen LogP contribution in [0, 0.1) is 0 Å². The van der Waals surface area contributed by atoms with Gasteiger partial charge in [0.25, 0.3) is 0 Å². The Morgan fingerprint density at radius 2 is 1.58 bits per heavy atom. The lowest BCUT2D eigenvalue weighted by Gasteiger charge is -2.36. The first-order valence-corrected chi connectivity index (χ1v) is 11.0. The van der Waals surface area contributed by atoms with Crippen molar-refractivity contribution >= 4 is 17.3 Å². The van der Waals surface area contributed by atoms with Gasteiger partial charge in [-0.3, -0.25) is 0 Å². The molecule has 31 heavy (non-hydrogen) atoms. The van der Waals surface area contributed by atoms with Crippen LogP contribution in [0.1, 0.15) is 25.0 Å². The van der Waals surface area contributed by atoms with Gasteiger partial charge in [-0.15, -0.1) is 0 Å². The van der Waals surface area contributed by atoms with Gasteiger partial charge in [0.15, 0.2) is 0 Å². The van der Waals surface area contributed by atoms with Gasteiger partial charge in [-0.05, 0) is 67.0 Å². The van der Waals surface area contributed by atoms with Gasteiger partial charge < -0.3 is 14.5 Å². The monoisotopic (exact) mass is 413 g/mol. The number of nitrogens with zero attached hydrogens (tertiary/aromatic N) is 1. The Morgan fingerprint density at radius 3 is 2.19 bits per heavy atom. The van der Waals surface area contributed by atoms with E-state index in [-0.39, 0.29) is 0 Å². The molecule has 0 radical (unpaired) electrons. The molecule has 1 aliphatic heterocycles. The molecule has 0 aromatic heterocycles. The lowest BCUT2D eigenvalue weighted by Crippen LogP contribution is -3.09. The Hall–Kier alpha value is -3.04. The standard InChI is InChI=1S/C28H32N2O/c1-28(2)25(19-22-9-7-8-10-26(22)31-28)27(20-11-15-23(16-12-20)29(3)4)21-13-17-24(18-14-21)30(5)6/h7-19,23H,1-6H3/p+1. The predicted octanol–water partition coefficient (Wildman–Crippen LogP) is 4.40. The van der Waals surface area contributed by atoms with Crippen molar-refractivity contribution in [2.75, 3.05) is 33.1 Å². The summed E-state index contributed by atoms with van der Waals surface area (Å²) in [5, 5.41) is 0. The zero-order chi connectivity index (χ0) is 22.2. The molecule has 0 amide bonds. The van der Waals surface area contributed by atoms with Crippen LogP contribution in [0.25, 0.3) is 11.6 Å². The van der Waals surface area contributed by atoms with Gasteiger partial charge in [0.1, 0.15) is 17.4 Å². The Bertz CT molecular complexity index is 1070. The van der Waals surface area contributed by atoms with Gasteiger partial charge in [-0.2, -0.15) is 0 Å². The van der Waals surface area contributed by atoms with Crippen LogP contribution in [0.15, 0.2) is 84.0 Å². The Labute approximate surface area is 186 Å². The molecule has 1 aliphatic carbocycles. The van der Waals surface area contributed by atoms with Crippen molar-refractivity contribution in [2.45, 2.75) is 25.5 Å². The molecule has 2 aliphatic rings. The van der Waals surface area contributed by atoms with Crippen LogP contribution in [0.5, 0.6) is 5.75 Å². The van der Waals surface area contributed by atoms with Crippen LogP contribution < -0.4 is 14.5 Å². The van der Waals surface area contributed by atoms with E-state index in [2.05, 4.69) is 114 Å². The summed E-state index contributed by atoms with van der Waals surface area (Å²) in [6.45, 7) is 4.32. The third-order valence-electron chi connectivity index (χ3n) is 6.10. The number of likely N-dealkylation sites (N-methyl/N-ethyl adjacent to an activating group) is 1. The highest BCUT2D eigenvalue weighted by atomic mass is 16.5. The second kappa shape index (κ2) is 8.24. The third-order valence-corrected chi connectivity index (χ3v) is 6.10. The maximum Gasteiger partial charge on any atom is 0.129 e. The molecule has 2 aromatic rings. The van der Waals surface area contributed by atoms with E-state index < -0.39 is 5.60 Å². The molecule has 1 N–H and O–H groups in total. The normalized spacial score (nSPS) is 19.0. The van der Waals surface area contributed by atoms with Crippen LogP contribution in [0.2, 0.25) is 0 Å². The molecule has 160 valence electrons. The van der Waals surface area contributed by atoms with Crippen LogP contribution in [0.3, 0.4) is 0 Å². The summed E-state index contributed by atoms with van der Waals surface area (Å²) in [5.41, 5.74) is 6.72. The van der Waals surface area contributed by atoms with Gasteiger partial charge in [-0.25, -0.2) is 0 Å². The molecule has 1 heterocycles. The molecule has 0 spiro atoms. The van der Waals surface area contributed by atoms with Crippen LogP contribution >= 0.6 is 0 Å². The van der Waals surface area contributed by atoms with Crippen molar-refractivity contribution in [1.82, 2.24) is 0 Å². The second-order valence-corrected chi connectivity index (χ2v) is 9.30. The molecule has 3 heteroatoms. The number of anilines is 1. The highest BCUT2D eigenvalue weighted by Gasteiger charge is 2.34. The van der Waals surface area contributed by atoms with E-state index in [1.54, 1.807) is 0 Å². The van der Waals surface area contributed by atoms with Gasteiger partial charge in [0.05, 0.1) is 14.1 Å². The number of nitrogens with one attached hydrogen (secondary N) is 1. The summed E-state index contributed by atoms with van der Waals surface area (Å²) in [6.07, 6.45) is 11.4. The fourth-order valence-corrected chi connectivity index (χ4v) is 4.21. The number of quaternary nitrogens is 1. The fourth-order valence-electron chi connectivity index (χ4n) is 4.21. The largest absolute Gasteiger partial charge is 0.483 e. The number of hydrogen-bond donors (Lipinski definition) is 1. The van der Waals surface area contributed by atoms with E-state index >= 15 is 0 Å². The zero-order valence-electron chi connectivity index (χ0n) is 19.4. The van der Waals surface area contributed by atoms with Crippen LogP contribution in [-0.4, -0.2) is 39.8 Å². The van der Waals surface area contributed by atoms with Gasteiger partial charge >= 0.3 is 0 Å². The van der Waals surface area contributed by atoms with E-state index in [1.807, 2.05) is 12.1 Å². The molecular formula is C28H33N2O+. The Morgan fingerprint density at radius 1 is 0.935 bits per heavy atom. The third kappa shape index (κ3) is 4.24.